The molecule has 19 heavy (non-hydrogen) atoms. The van der Waals surface area contributed by atoms with Crippen LogP contribution in [-0.4, -0.2) is 16.2 Å². The van der Waals surface area contributed by atoms with E-state index in [1.165, 1.54) is 6.07 Å². The van der Waals surface area contributed by atoms with Gasteiger partial charge in [-0.15, -0.1) is 0 Å². The third-order valence-electron chi connectivity index (χ3n) is 2.27. The Labute approximate surface area is 116 Å². The lowest BCUT2D eigenvalue weighted by Gasteiger charge is -2.05. The number of hydrogen-bond acceptors (Lipinski definition) is 6. The lowest BCUT2D eigenvalue weighted by Crippen LogP contribution is -1.95. The molecule has 0 aliphatic rings. The third-order valence-corrected chi connectivity index (χ3v) is 3.53. The van der Waals surface area contributed by atoms with Crippen molar-refractivity contribution in [2.24, 2.45) is 0 Å². The molecular weight excluding hydrogens is 292 g/mol. The molecule has 1 aromatic heterocycles. The summed E-state index contributed by atoms with van der Waals surface area (Å²) in [6, 6.07) is 4.57. The number of nitrogens with zero attached hydrogens (tertiary/aromatic N) is 2. The summed E-state index contributed by atoms with van der Waals surface area (Å²) in [5, 5.41) is 11.0. The first kappa shape index (κ1) is 13.4. The fourth-order valence-corrected chi connectivity index (χ4v) is 2.33. The number of aldehydes is 1. The van der Waals surface area contributed by atoms with Crippen molar-refractivity contribution in [2.75, 3.05) is 0 Å². The molecule has 0 aliphatic carbocycles. The molecule has 1 aromatic carbocycles. The summed E-state index contributed by atoms with van der Waals surface area (Å²) in [7, 11) is 0. The fourth-order valence-electron chi connectivity index (χ4n) is 1.41. The summed E-state index contributed by atoms with van der Waals surface area (Å²) in [5.74, 6) is 0.0929. The van der Waals surface area contributed by atoms with Gasteiger partial charge in [0.05, 0.1) is 4.92 Å². The van der Waals surface area contributed by atoms with Crippen molar-refractivity contribution >= 4 is 34.9 Å². The summed E-state index contributed by atoms with van der Waals surface area (Å²) >= 11 is 6.64. The number of carbonyl (C=O) groups is 1. The molecule has 8 heteroatoms. The van der Waals surface area contributed by atoms with Crippen LogP contribution >= 0.6 is 22.9 Å². The fraction of sp³-hybridized carbons (Fsp3) is 0.0909. The van der Waals surface area contributed by atoms with Gasteiger partial charge in [0, 0.05) is 6.07 Å². The Bertz CT molecular complexity index is 656. The Hall–Kier alpha value is -1.99. The number of para-hydroxylation sites is 1. The predicted molar refractivity (Wildman–Crippen MR) is 70.4 cm³/mol. The molecule has 2 aromatic rings. The van der Waals surface area contributed by atoms with Crippen LogP contribution in [0.2, 0.25) is 5.15 Å². The molecule has 0 bridgehead atoms. The molecule has 0 saturated heterocycles. The molecule has 1 heterocycles. The first-order valence-electron chi connectivity index (χ1n) is 5.06. The number of aromatic nitrogens is 1. The number of nitro groups is 1. The first-order chi connectivity index (χ1) is 9.02. The van der Waals surface area contributed by atoms with E-state index in [4.69, 9.17) is 16.3 Å². The number of benzene rings is 1. The van der Waals surface area contributed by atoms with E-state index in [0.29, 0.717) is 11.8 Å². The maximum Gasteiger partial charge on any atom is 0.311 e. The average molecular weight is 299 g/mol. The Morgan fingerprint density at radius 1 is 1.53 bits per heavy atom. The molecule has 6 nitrogen and oxygen atoms in total. The number of halogens is 1. The average Bonchev–Trinajstić information content (AvgIpc) is 2.71. The molecule has 0 fully saturated rings. The molecular formula is C11H7ClN2O4S. The van der Waals surface area contributed by atoms with E-state index >= 15 is 0 Å². The molecule has 0 radical (unpaired) electrons. The number of hydrogen-bond donors (Lipinski definition) is 0. The van der Waals surface area contributed by atoms with Crippen LogP contribution in [0.4, 0.5) is 5.69 Å². The highest BCUT2D eigenvalue weighted by molar-refractivity contribution is 7.15. The molecule has 0 aliphatic heterocycles. The van der Waals surface area contributed by atoms with Crippen molar-refractivity contribution in [2.45, 2.75) is 6.92 Å². The topological polar surface area (TPSA) is 82.3 Å². The minimum absolute atomic E-state index is 0.0197. The lowest BCUT2D eigenvalue weighted by atomic mass is 10.2. The third kappa shape index (κ3) is 2.72. The Morgan fingerprint density at radius 2 is 2.26 bits per heavy atom. The Kier molecular flexibility index (Phi) is 3.77. The van der Waals surface area contributed by atoms with Crippen molar-refractivity contribution in [1.29, 1.82) is 0 Å². The number of nitro benzene ring substituents is 1. The highest BCUT2D eigenvalue weighted by Gasteiger charge is 2.20. The maximum atomic E-state index is 10.9. The van der Waals surface area contributed by atoms with E-state index in [0.717, 1.165) is 11.3 Å². The van der Waals surface area contributed by atoms with Crippen molar-refractivity contribution in [3.05, 3.63) is 43.9 Å². The van der Waals surface area contributed by atoms with Crippen LogP contribution in [0, 0.1) is 17.0 Å². The van der Waals surface area contributed by atoms with Crippen LogP contribution in [-0.2, 0) is 0 Å². The van der Waals surface area contributed by atoms with Gasteiger partial charge in [-0.1, -0.05) is 35.1 Å². The molecule has 0 unspecified atom stereocenters. The molecule has 0 saturated carbocycles. The van der Waals surface area contributed by atoms with Gasteiger partial charge in [-0.25, -0.2) is 0 Å². The van der Waals surface area contributed by atoms with Gasteiger partial charge in [0.25, 0.3) is 5.19 Å². The summed E-state index contributed by atoms with van der Waals surface area (Å²) < 4.78 is 5.39. The van der Waals surface area contributed by atoms with Crippen LogP contribution in [0.1, 0.15) is 15.2 Å². The summed E-state index contributed by atoms with van der Waals surface area (Å²) in [6.45, 7) is 1.68. The van der Waals surface area contributed by atoms with Gasteiger partial charge in [-0.05, 0) is 12.5 Å². The standard InChI is InChI=1S/C11H7ClN2O4S/c1-6-3-2-4-7(14(16)17)9(6)18-11-13-10(12)8(5-15)19-11/h2-5H,1H3. The second-order valence-corrected chi connectivity index (χ2v) is 4.89. The second-order valence-electron chi connectivity index (χ2n) is 3.54. The lowest BCUT2D eigenvalue weighted by molar-refractivity contribution is -0.385. The van der Waals surface area contributed by atoms with E-state index < -0.39 is 4.92 Å². The van der Waals surface area contributed by atoms with Gasteiger partial charge in [-0.2, -0.15) is 4.98 Å². The SMILES string of the molecule is Cc1cccc([N+](=O)[O-])c1Oc1nc(Cl)c(C=O)s1. The zero-order valence-corrected chi connectivity index (χ0v) is 11.2. The monoisotopic (exact) mass is 298 g/mol. The van der Waals surface area contributed by atoms with Gasteiger partial charge < -0.3 is 4.74 Å². The Morgan fingerprint density at radius 3 is 2.84 bits per heavy atom. The molecule has 0 N–H and O–H groups in total. The second kappa shape index (κ2) is 5.33. The van der Waals surface area contributed by atoms with E-state index in [1.807, 2.05) is 0 Å². The van der Waals surface area contributed by atoms with E-state index in [1.54, 1.807) is 19.1 Å². The quantitative estimate of drug-likeness (QED) is 0.489. The molecule has 0 spiro atoms. The van der Waals surface area contributed by atoms with Crippen LogP contribution in [0.15, 0.2) is 18.2 Å². The van der Waals surface area contributed by atoms with Gasteiger partial charge in [-0.3, -0.25) is 14.9 Å². The summed E-state index contributed by atoms with van der Waals surface area (Å²) in [6.07, 6.45) is 0.555. The van der Waals surface area contributed by atoms with E-state index in [-0.39, 0.29) is 26.7 Å². The zero-order chi connectivity index (χ0) is 14.0. The van der Waals surface area contributed by atoms with Crippen molar-refractivity contribution in [3.8, 4) is 10.9 Å². The summed E-state index contributed by atoms with van der Waals surface area (Å²) in [4.78, 5) is 25.1. The van der Waals surface area contributed by atoms with E-state index in [9.17, 15) is 14.9 Å². The number of carbonyl (C=O) groups excluding carboxylic acids is 1. The van der Waals surface area contributed by atoms with Crippen molar-refractivity contribution < 1.29 is 14.5 Å². The zero-order valence-electron chi connectivity index (χ0n) is 9.62. The van der Waals surface area contributed by atoms with Crippen molar-refractivity contribution in [1.82, 2.24) is 4.98 Å². The number of ether oxygens (including phenoxy) is 1. The minimum Gasteiger partial charge on any atom is -0.423 e. The minimum atomic E-state index is -0.543. The number of aryl methyl sites for hydroxylation is 1. The molecule has 2 rings (SSSR count). The highest BCUT2D eigenvalue weighted by Crippen LogP contribution is 2.37. The van der Waals surface area contributed by atoms with Gasteiger partial charge in [0.1, 0.15) is 4.88 Å². The molecule has 0 amide bonds. The van der Waals surface area contributed by atoms with Gasteiger partial charge in [0.15, 0.2) is 11.4 Å². The van der Waals surface area contributed by atoms with Crippen molar-refractivity contribution in [3.63, 3.8) is 0 Å². The van der Waals surface area contributed by atoms with Crippen LogP contribution in [0.25, 0.3) is 0 Å². The number of thiazole rings is 1. The largest absolute Gasteiger partial charge is 0.423 e. The molecule has 98 valence electrons. The normalized spacial score (nSPS) is 10.2. The Balaban J connectivity index is 2.42. The highest BCUT2D eigenvalue weighted by atomic mass is 35.5. The first-order valence-corrected chi connectivity index (χ1v) is 6.25. The molecule has 0 atom stereocenters. The van der Waals surface area contributed by atoms with Crippen LogP contribution in [0.5, 0.6) is 10.9 Å². The summed E-state index contributed by atoms with van der Waals surface area (Å²) in [5.41, 5.74) is 0.423. The van der Waals surface area contributed by atoms with Crippen LogP contribution in [0.3, 0.4) is 0 Å². The van der Waals surface area contributed by atoms with Gasteiger partial charge >= 0.3 is 5.69 Å². The smallest absolute Gasteiger partial charge is 0.311 e. The number of rotatable bonds is 4. The van der Waals surface area contributed by atoms with E-state index in [2.05, 4.69) is 4.98 Å². The van der Waals surface area contributed by atoms with Crippen LogP contribution < -0.4 is 4.74 Å². The van der Waals surface area contributed by atoms with Gasteiger partial charge in [0.2, 0.25) is 5.75 Å². The maximum absolute atomic E-state index is 10.9. The predicted octanol–water partition coefficient (Wildman–Crippen LogP) is 3.62.